The number of ether oxygens (including phenoxy) is 1. The minimum absolute atomic E-state index is 0.260. The van der Waals surface area contributed by atoms with Gasteiger partial charge in [0.15, 0.2) is 4.34 Å². The number of hydrogen-bond acceptors (Lipinski definition) is 6. The van der Waals surface area contributed by atoms with Gasteiger partial charge in [0.05, 0.1) is 0 Å². The van der Waals surface area contributed by atoms with Crippen molar-refractivity contribution in [1.82, 2.24) is 10.2 Å². The number of thioether (sulfide) groups is 1. The Bertz CT molecular complexity index is 1120. The molecular formula is C22H16FN3O2S2. The number of carbonyl (C=O) groups is 1. The summed E-state index contributed by atoms with van der Waals surface area (Å²) in [6.45, 7) is 0. The molecule has 0 fully saturated rings. The number of hydrogen-bond donors (Lipinski definition) is 1. The molecule has 0 aliphatic rings. The van der Waals surface area contributed by atoms with Gasteiger partial charge in [0.25, 0.3) is 5.91 Å². The molecule has 150 valence electrons. The van der Waals surface area contributed by atoms with Gasteiger partial charge in [0.1, 0.15) is 17.3 Å². The van der Waals surface area contributed by atoms with Gasteiger partial charge in [-0.3, -0.25) is 10.1 Å². The first-order valence-corrected chi connectivity index (χ1v) is 10.8. The van der Waals surface area contributed by atoms with Crippen molar-refractivity contribution < 1.29 is 13.9 Å². The first-order chi connectivity index (χ1) is 14.7. The summed E-state index contributed by atoms with van der Waals surface area (Å²) in [6, 6.07) is 22.6. The SMILES string of the molecule is O=C(Nc1nnc(SCc2ccc(F)cc2)s1)c1ccc(Oc2ccccc2)cc1. The van der Waals surface area contributed by atoms with Gasteiger partial charge in [-0.25, -0.2) is 4.39 Å². The summed E-state index contributed by atoms with van der Waals surface area (Å²) in [5.74, 6) is 1.49. The number of rotatable bonds is 7. The second-order valence-corrected chi connectivity index (χ2v) is 8.38. The third-order valence-electron chi connectivity index (χ3n) is 4.00. The van der Waals surface area contributed by atoms with Gasteiger partial charge in [-0.05, 0) is 54.1 Å². The lowest BCUT2D eigenvalue weighted by Gasteiger charge is -2.06. The van der Waals surface area contributed by atoms with E-state index in [2.05, 4.69) is 15.5 Å². The molecule has 5 nitrogen and oxygen atoms in total. The van der Waals surface area contributed by atoms with Gasteiger partial charge in [-0.2, -0.15) is 0 Å². The molecule has 0 radical (unpaired) electrons. The summed E-state index contributed by atoms with van der Waals surface area (Å²) >= 11 is 2.77. The van der Waals surface area contributed by atoms with Crippen LogP contribution in [0.3, 0.4) is 0 Å². The topological polar surface area (TPSA) is 64.1 Å². The molecule has 8 heteroatoms. The van der Waals surface area contributed by atoms with Crippen LogP contribution in [0.25, 0.3) is 0 Å². The van der Waals surface area contributed by atoms with Crippen LogP contribution in [0.1, 0.15) is 15.9 Å². The first kappa shape index (κ1) is 20.1. The molecule has 0 atom stereocenters. The highest BCUT2D eigenvalue weighted by molar-refractivity contribution is 8.00. The van der Waals surface area contributed by atoms with E-state index in [4.69, 9.17) is 4.74 Å². The average molecular weight is 438 g/mol. The lowest BCUT2D eigenvalue weighted by molar-refractivity contribution is 0.102. The summed E-state index contributed by atoms with van der Waals surface area (Å²) in [7, 11) is 0. The van der Waals surface area contributed by atoms with Crippen LogP contribution in [-0.4, -0.2) is 16.1 Å². The number of benzene rings is 3. The van der Waals surface area contributed by atoms with Gasteiger partial charge in [0, 0.05) is 11.3 Å². The highest BCUT2D eigenvalue weighted by atomic mass is 32.2. The molecule has 4 rings (SSSR count). The average Bonchev–Trinajstić information content (AvgIpc) is 3.22. The number of nitrogens with zero attached hydrogens (tertiary/aromatic N) is 2. The van der Waals surface area contributed by atoms with Gasteiger partial charge < -0.3 is 4.74 Å². The maximum atomic E-state index is 13.0. The Balaban J connectivity index is 1.32. The summed E-state index contributed by atoms with van der Waals surface area (Å²) in [5, 5.41) is 11.3. The van der Waals surface area contributed by atoms with Crippen molar-refractivity contribution in [2.45, 2.75) is 10.1 Å². The Morgan fingerprint density at radius 2 is 1.63 bits per heavy atom. The Labute approximate surface area is 180 Å². The molecule has 0 aliphatic carbocycles. The molecule has 1 heterocycles. The highest BCUT2D eigenvalue weighted by Crippen LogP contribution is 2.29. The molecule has 0 aliphatic heterocycles. The fourth-order valence-corrected chi connectivity index (χ4v) is 4.22. The normalized spacial score (nSPS) is 10.6. The number of para-hydroxylation sites is 1. The molecule has 30 heavy (non-hydrogen) atoms. The molecule has 0 bridgehead atoms. The van der Waals surface area contributed by atoms with E-state index in [1.165, 1.54) is 35.2 Å². The molecule has 3 aromatic carbocycles. The molecule has 1 amide bonds. The lowest BCUT2D eigenvalue weighted by Crippen LogP contribution is -2.11. The maximum Gasteiger partial charge on any atom is 0.257 e. The quantitative estimate of drug-likeness (QED) is 0.283. The standard InChI is InChI=1S/C22H16FN3O2S2/c23-17-10-6-15(7-11-17)14-29-22-26-25-21(30-22)24-20(27)16-8-12-19(13-9-16)28-18-4-2-1-3-5-18/h1-13H,14H2,(H,24,25,27). The Morgan fingerprint density at radius 1 is 0.933 bits per heavy atom. The van der Waals surface area contributed by atoms with Crippen LogP contribution in [-0.2, 0) is 5.75 Å². The summed E-state index contributed by atoms with van der Waals surface area (Å²) in [5.41, 5.74) is 1.48. The van der Waals surface area contributed by atoms with Crippen molar-refractivity contribution in [3.63, 3.8) is 0 Å². The van der Waals surface area contributed by atoms with Crippen molar-refractivity contribution in [3.8, 4) is 11.5 Å². The summed E-state index contributed by atoms with van der Waals surface area (Å²) in [6.07, 6.45) is 0. The van der Waals surface area contributed by atoms with Crippen molar-refractivity contribution in [2.24, 2.45) is 0 Å². The fraction of sp³-hybridized carbons (Fsp3) is 0.0455. The smallest absolute Gasteiger partial charge is 0.257 e. The molecule has 0 spiro atoms. The van der Waals surface area contributed by atoms with Crippen LogP contribution in [0.2, 0.25) is 0 Å². The Morgan fingerprint density at radius 3 is 2.37 bits per heavy atom. The van der Waals surface area contributed by atoms with E-state index in [0.717, 1.165) is 15.7 Å². The predicted molar refractivity (Wildman–Crippen MR) is 117 cm³/mol. The van der Waals surface area contributed by atoms with Crippen LogP contribution in [0, 0.1) is 5.82 Å². The lowest BCUT2D eigenvalue weighted by atomic mass is 10.2. The second kappa shape index (κ2) is 9.51. The minimum atomic E-state index is -0.271. The Kier molecular flexibility index (Phi) is 6.36. The fourth-order valence-electron chi connectivity index (χ4n) is 2.51. The zero-order valence-electron chi connectivity index (χ0n) is 15.6. The largest absolute Gasteiger partial charge is 0.457 e. The van der Waals surface area contributed by atoms with E-state index in [-0.39, 0.29) is 11.7 Å². The van der Waals surface area contributed by atoms with E-state index in [0.29, 0.717) is 22.2 Å². The number of anilines is 1. The van der Waals surface area contributed by atoms with Gasteiger partial charge >= 0.3 is 0 Å². The van der Waals surface area contributed by atoms with Crippen LogP contribution >= 0.6 is 23.1 Å². The van der Waals surface area contributed by atoms with Crippen LogP contribution in [0.4, 0.5) is 9.52 Å². The van der Waals surface area contributed by atoms with Crippen molar-refractivity contribution in [2.75, 3.05) is 5.32 Å². The minimum Gasteiger partial charge on any atom is -0.457 e. The summed E-state index contributed by atoms with van der Waals surface area (Å²) in [4.78, 5) is 12.4. The molecule has 0 saturated carbocycles. The van der Waals surface area contributed by atoms with Crippen molar-refractivity contribution >= 4 is 34.1 Å². The van der Waals surface area contributed by atoms with E-state index >= 15 is 0 Å². The molecule has 4 aromatic rings. The number of halogens is 1. The first-order valence-electron chi connectivity index (χ1n) is 9.01. The molecular weight excluding hydrogens is 421 g/mol. The molecule has 0 unspecified atom stereocenters. The predicted octanol–water partition coefficient (Wildman–Crippen LogP) is 6.01. The van der Waals surface area contributed by atoms with E-state index in [1.54, 1.807) is 36.4 Å². The molecule has 0 saturated heterocycles. The maximum absolute atomic E-state index is 13.0. The van der Waals surface area contributed by atoms with Crippen molar-refractivity contribution in [3.05, 3.63) is 95.8 Å². The second-order valence-electron chi connectivity index (χ2n) is 6.18. The van der Waals surface area contributed by atoms with E-state index in [1.807, 2.05) is 30.3 Å². The highest BCUT2D eigenvalue weighted by Gasteiger charge is 2.11. The van der Waals surface area contributed by atoms with Gasteiger partial charge in [-0.1, -0.05) is 53.4 Å². The number of amides is 1. The number of nitrogens with one attached hydrogen (secondary N) is 1. The zero-order chi connectivity index (χ0) is 20.8. The third kappa shape index (κ3) is 5.43. The van der Waals surface area contributed by atoms with Gasteiger partial charge in [0.2, 0.25) is 5.13 Å². The van der Waals surface area contributed by atoms with Crippen LogP contribution < -0.4 is 10.1 Å². The molecule has 1 N–H and O–H groups in total. The third-order valence-corrected chi connectivity index (χ3v) is 6.04. The summed E-state index contributed by atoms with van der Waals surface area (Å²) < 4.78 is 19.4. The number of aromatic nitrogens is 2. The van der Waals surface area contributed by atoms with Crippen LogP contribution in [0.15, 0.2) is 83.2 Å². The van der Waals surface area contributed by atoms with Crippen LogP contribution in [0.5, 0.6) is 11.5 Å². The zero-order valence-corrected chi connectivity index (χ0v) is 17.3. The monoisotopic (exact) mass is 437 g/mol. The van der Waals surface area contributed by atoms with Gasteiger partial charge in [-0.15, -0.1) is 10.2 Å². The van der Waals surface area contributed by atoms with E-state index < -0.39 is 0 Å². The molecule has 1 aromatic heterocycles. The number of carbonyl (C=O) groups excluding carboxylic acids is 1. The van der Waals surface area contributed by atoms with Crippen molar-refractivity contribution in [1.29, 1.82) is 0 Å². The van der Waals surface area contributed by atoms with E-state index in [9.17, 15) is 9.18 Å². The Hall–Kier alpha value is -3.23.